The molecule has 2 rings (SSSR count). The summed E-state index contributed by atoms with van der Waals surface area (Å²) in [6.07, 6.45) is 9.86. The van der Waals surface area contributed by atoms with Gasteiger partial charge in [0.15, 0.2) is 0 Å². The highest BCUT2D eigenvalue weighted by molar-refractivity contribution is 5.95. The smallest absolute Gasteiger partial charge is 0.269 e. The predicted octanol–water partition coefficient (Wildman–Crippen LogP) is 3.99. The van der Waals surface area contributed by atoms with Gasteiger partial charge in [0.25, 0.3) is 5.91 Å². The minimum Gasteiger partial charge on any atom is -0.494 e. The first kappa shape index (κ1) is 19.3. The number of rotatable bonds is 8. The molecule has 0 unspecified atom stereocenters. The third-order valence-electron chi connectivity index (χ3n) is 4.66. The average Bonchev–Trinajstić information content (AvgIpc) is 2.67. The van der Waals surface area contributed by atoms with Gasteiger partial charge in [0, 0.05) is 11.5 Å². The second kappa shape index (κ2) is 10.7. The van der Waals surface area contributed by atoms with Gasteiger partial charge in [-0.2, -0.15) is 0 Å². The van der Waals surface area contributed by atoms with Crippen molar-refractivity contribution in [3.8, 4) is 5.75 Å². The van der Waals surface area contributed by atoms with Gasteiger partial charge in [0.1, 0.15) is 5.75 Å². The molecular weight excluding hydrogens is 316 g/mol. The van der Waals surface area contributed by atoms with Crippen molar-refractivity contribution in [2.45, 2.75) is 64.7 Å². The van der Waals surface area contributed by atoms with Crippen LogP contribution >= 0.6 is 0 Å². The molecule has 25 heavy (non-hydrogen) atoms. The predicted molar refractivity (Wildman–Crippen MR) is 98.3 cm³/mol. The van der Waals surface area contributed by atoms with Crippen LogP contribution in [-0.2, 0) is 4.79 Å². The number of ether oxygens (including phenoxy) is 1. The third-order valence-corrected chi connectivity index (χ3v) is 4.66. The van der Waals surface area contributed by atoms with E-state index in [1.807, 2.05) is 0 Å². The molecule has 138 valence electrons. The van der Waals surface area contributed by atoms with Crippen LogP contribution in [0.3, 0.4) is 0 Å². The van der Waals surface area contributed by atoms with E-state index in [4.69, 9.17) is 4.74 Å². The first-order chi connectivity index (χ1) is 12.2. The van der Waals surface area contributed by atoms with E-state index in [9.17, 15) is 9.59 Å². The Hall–Kier alpha value is -2.04. The van der Waals surface area contributed by atoms with Gasteiger partial charge in [-0.05, 0) is 43.5 Å². The maximum absolute atomic E-state index is 12.1. The molecule has 1 aliphatic carbocycles. The highest BCUT2D eigenvalue weighted by Crippen LogP contribution is 2.23. The van der Waals surface area contributed by atoms with Gasteiger partial charge >= 0.3 is 0 Å². The Labute approximate surface area is 150 Å². The second-order valence-corrected chi connectivity index (χ2v) is 6.71. The molecule has 0 saturated heterocycles. The number of carbonyl (C=O) groups excluding carboxylic acids is 2. The highest BCUT2D eigenvalue weighted by atomic mass is 16.5. The summed E-state index contributed by atoms with van der Waals surface area (Å²) in [5, 5.41) is 0. The van der Waals surface area contributed by atoms with Gasteiger partial charge in [-0.1, -0.05) is 45.4 Å². The number of nitrogens with one attached hydrogen (secondary N) is 2. The number of hydrogen-bond acceptors (Lipinski definition) is 3. The van der Waals surface area contributed by atoms with E-state index in [2.05, 4.69) is 17.8 Å². The summed E-state index contributed by atoms with van der Waals surface area (Å²) in [6, 6.07) is 7.00. The fourth-order valence-electron chi connectivity index (χ4n) is 3.08. The van der Waals surface area contributed by atoms with Crippen LogP contribution in [0.2, 0.25) is 0 Å². The van der Waals surface area contributed by atoms with Gasteiger partial charge in [-0.15, -0.1) is 0 Å². The molecule has 5 nitrogen and oxygen atoms in total. The molecule has 0 atom stereocenters. The highest BCUT2D eigenvalue weighted by Gasteiger charge is 2.21. The van der Waals surface area contributed by atoms with Gasteiger partial charge in [0.2, 0.25) is 5.91 Å². The standard InChI is InChI=1S/C20H30N2O3/c1-2-3-4-8-15-25-18-13-11-17(12-14-18)20(24)22-21-19(23)16-9-6-5-7-10-16/h11-14,16H,2-10,15H2,1H3,(H,21,23)(H,22,24). The van der Waals surface area contributed by atoms with Crippen LogP contribution < -0.4 is 15.6 Å². The van der Waals surface area contributed by atoms with Crippen molar-refractivity contribution in [2.75, 3.05) is 6.61 Å². The summed E-state index contributed by atoms with van der Waals surface area (Å²) >= 11 is 0. The zero-order chi connectivity index (χ0) is 17.9. The average molecular weight is 346 g/mol. The topological polar surface area (TPSA) is 67.4 Å². The maximum Gasteiger partial charge on any atom is 0.269 e. The molecule has 0 aromatic heterocycles. The summed E-state index contributed by atoms with van der Waals surface area (Å²) in [7, 11) is 0. The summed E-state index contributed by atoms with van der Waals surface area (Å²) in [5.41, 5.74) is 5.55. The van der Waals surface area contributed by atoms with Crippen molar-refractivity contribution in [3.05, 3.63) is 29.8 Å². The molecule has 0 spiro atoms. The molecule has 1 saturated carbocycles. The molecule has 0 bridgehead atoms. The number of unbranched alkanes of at least 4 members (excludes halogenated alkanes) is 3. The molecule has 1 fully saturated rings. The van der Waals surface area contributed by atoms with Crippen molar-refractivity contribution < 1.29 is 14.3 Å². The summed E-state index contributed by atoms with van der Waals surface area (Å²) < 4.78 is 5.66. The SMILES string of the molecule is CCCCCCOc1ccc(C(=O)NNC(=O)C2CCCCC2)cc1. The normalized spacial score (nSPS) is 14.8. The lowest BCUT2D eigenvalue weighted by Gasteiger charge is -2.20. The lowest BCUT2D eigenvalue weighted by atomic mass is 9.89. The molecule has 1 aromatic rings. The molecule has 2 N–H and O–H groups in total. The van der Waals surface area contributed by atoms with Crippen molar-refractivity contribution in [2.24, 2.45) is 5.92 Å². The molecule has 2 amide bonds. The fourth-order valence-corrected chi connectivity index (χ4v) is 3.08. The molecule has 0 heterocycles. The largest absolute Gasteiger partial charge is 0.494 e. The van der Waals surface area contributed by atoms with E-state index in [-0.39, 0.29) is 17.7 Å². The van der Waals surface area contributed by atoms with Crippen LogP contribution in [0.15, 0.2) is 24.3 Å². The van der Waals surface area contributed by atoms with Gasteiger partial charge in [-0.25, -0.2) is 0 Å². The van der Waals surface area contributed by atoms with Crippen molar-refractivity contribution in [1.82, 2.24) is 10.9 Å². The van der Waals surface area contributed by atoms with Crippen LogP contribution in [0.1, 0.15) is 75.1 Å². The zero-order valence-electron chi connectivity index (χ0n) is 15.2. The minimum absolute atomic E-state index is 0.0255. The van der Waals surface area contributed by atoms with Gasteiger partial charge in [0.05, 0.1) is 6.61 Å². The Bertz CT molecular complexity index is 536. The Morgan fingerprint density at radius 3 is 2.40 bits per heavy atom. The minimum atomic E-state index is -0.307. The van der Waals surface area contributed by atoms with E-state index in [0.717, 1.165) is 37.9 Å². The van der Waals surface area contributed by atoms with Crippen molar-refractivity contribution >= 4 is 11.8 Å². The summed E-state index contributed by atoms with van der Waals surface area (Å²) in [5.74, 6) is 0.399. The molecule has 5 heteroatoms. The van der Waals surface area contributed by atoms with Crippen LogP contribution in [-0.4, -0.2) is 18.4 Å². The molecule has 1 aliphatic rings. The Morgan fingerprint density at radius 1 is 1.00 bits per heavy atom. The Morgan fingerprint density at radius 2 is 1.72 bits per heavy atom. The second-order valence-electron chi connectivity index (χ2n) is 6.71. The first-order valence-corrected chi connectivity index (χ1v) is 9.53. The number of amides is 2. The summed E-state index contributed by atoms with van der Waals surface area (Å²) in [6.45, 7) is 2.88. The lowest BCUT2D eigenvalue weighted by Crippen LogP contribution is -2.44. The third kappa shape index (κ3) is 6.77. The van der Waals surface area contributed by atoms with Crippen LogP contribution in [0, 0.1) is 5.92 Å². The fraction of sp³-hybridized carbons (Fsp3) is 0.600. The molecule has 1 aromatic carbocycles. The van der Waals surface area contributed by atoms with Crippen LogP contribution in [0.5, 0.6) is 5.75 Å². The first-order valence-electron chi connectivity index (χ1n) is 9.53. The van der Waals surface area contributed by atoms with E-state index in [0.29, 0.717) is 12.2 Å². The van der Waals surface area contributed by atoms with Crippen LogP contribution in [0.4, 0.5) is 0 Å². The Kier molecular flexibility index (Phi) is 8.29. The van der Waals surface area contributed by atoms with Crippen LogP contribution in [0.25, 0.3) is 0 Å². The van der Waals surface area contributed by atoms with Gasteiger partial charge in [-0.3, -0.25) is 20.4 Å². The zero-order valence-corrected chi connectivity index (χ0v) is 15.2. The summed E-state index contributed by atoms with van der Waals surface area (Å²) in [4.78, 5) is 24.1. The van der Waals surface area contributed by atoms with Crippen molar-refractivity contribution in [3.63, 3.8) is 0 Å². The van der Waals surface area contributed by atoms with E-state index >= 15 is 0 Å². The number of hydrogen-bond donors (Lipinski definition) is 2. The van der Waals surface area contributed by atoms with E-state index in [1.165, 1.54) is 25.7 Å². The van der Waals surface area contributed by atoms with E-state index < -0.39 is 0 Å². The maximum atomic E-state index is 12.1. The monoisotopic (exact) mass is 346 g/mol. The number of hydrazine groups is 1. The number of benzene rings is 1. The Balaban J connectivity index is 1.71. The van der Waals surface area contributed by atoms with Gasteiger partial charge < -0.3 is 4.74 Å². The molecular formula is C20H30N2O3. The van der Waals surface area contributed by atoms with E-state index in [1.54, 1.807) is 24.3 Å². The lowest BCUT2D eigenvalue weighted by molar-refractivity contribution is -0.126. The molecule has 0 radical (unpaired) electrons. The molecule has 0 aliphatic heterocycles. The van der Waals surface area contributed by atoms with Crippen molar-refractivity contribution in [1.29, 1.82) is 0 Å². The quantitative estimate of drug-likeness (QED) is 0.552. The number of carbonyl (C=O) groups is 2.